The Morgan fingerprint density at radius 3 is 2.66 bits per heavy atom. The Morgan fingerprint density at radius 2 is 1.97 bits per heavy atom. The fourth-order valence-electron chi connectivity index (χ4n) is 4.25. The number of hydrogen-bond acceptors (Lipinski definition) is 4. The third kappa shape index (κ3) is 4.52. The zero-order valence-corrected chi connectivity index (χ0v) is 19.6. The van der Waals surface area contributed by atoms with Gasteiger partial charge in [0.25, 0.3) is 10.0 Å². The summed E-state index contributed by atoms with van der Waals surface area (Å²) in [4.78, 5) is 0.138. The van der Waals surface area contributed by atoms with Crippen LogP contribution in [0.15, 0.2) is 47.5 Å². The van der Waals surface area contributed by atoms with Crippen molar-refractivity contribution in [2.24, 2.45) is 11.8 Å². The number of hydrogen-bond donors (Lipinski definition) is 0. The van der Waals surface area contributed by atoms with Gasteiger partial charge in [-0.3, -0.25) is 8.99 Å². The molecule has 1 aliphatic rings. The lowest BCUT2D eigenvalue weighted by Gasteiger charge is -2.28. The molecule has 0 atom stereocenters. The molecule has 6 nitrogen and oxygen atoms in total. The van der Waals surface area contributed by atoms with Crippen molar-refractivity contribution in [3.8, 4) is 0 Å². The van der Waals surface area contributed by atoms with E-state index in [1.54, 1.807) is 43.5 Å². The SMILES string of the molecule is Cc1cccc(F)c1N(CC(C)C)S(=O)(=O)c1ccc2c(cnn2CC2CCOCC2)c1. The smallest absolute Gasteiger partial charge is 0.264 e. The van der Waals surface area contributed by atoms with Gasteiger partial charge in [0.1, 0.15) is 5.82 Å². The lowest BCUT2D eigenvalue weighted by atomic mass is 10.0. The Hall–Kier alpha value is -2.45. The van der Waals surface area contributed by atoms with Crippen LogP contribution in [0.25, 0.3) is 10.9 Å². The van der Waals surface area contributed by atoms with Gasteiger partial charge < -0.3 is 4.74 Å². The highest BCUT2D eigenvalue weighted by atomic mass is 32.2. The summed E-state index contributed by atoms with van der Waals surface area (Å²) >= 11 is 0. The first kappa shape index (κ1) is 22.7. The van der Waals surface area contributed by atoms with Crippen molar-refractivity contribution in [2.45, 2.75) is 45.1 Å². The van der Waals surface area contributed by atoms with Gasteiger partial charge in [-0.25, -0.2) is 12.8 Å². The highest BCUT2D eigenvalue weighted by Gasteiger charge is 2.29. The average molecular weight is 460 g/mol. The Morgan fingerprint density at radius 1 is 1.22 bits per heavy atom. The van der Waals surface area contributed by atoms with Crippen LogP contribution in [0.5, 0.6) is 0 Å². The summed E-state index contributed by atoms with van der Waals surface area (Å²) in [6.45, 7) is 8.08. The number of rotatable bonds is 7. The van der Waals surface area contributed by atoms with Crippen molar-refractivity contribution in [3.05, 3.63) is 54.0 Å². The molecule has 3 aromatic rings. The number of sulfonamides is 1. The maximum absolute atomic E-state index is 14.7. The van der Waals surface area contributed by atoms with Crippen molar-refractivity contribution in [1.29, 1.82) is 0 Å². The summed E-state index contributed by atoms with van der Waals surface area (Å²) in [6, 6.07) is 9.66. The topological polar surface area (TPSA) is 64.4 Å². The van der Waals surface area contributed by atoms with E-state index in [2.05, 4.69) is 5.10 Å². The van der Waals surface area contributed by atoms with Crippen LogP contribution in [-0.4, -0.2) is 38.0 Å². The molecular weight excluding hydrogens is 429 g/mol. The van der Waals surface area contributed by atoms with Crippen LogP contribution in [0, 0.1) is 24.6 Å². The Bertz CT molecular complexity index is 1180. The molecule has 1 aromatic heterocycles. The molecule has 0 aliphatic carbocycles. The maximum atomic E-state index is 14.7. The van der Waals surface area contributed by atoms with Gasteiger partial charge in [-0.2, -0.15) is 5.10 Å². The number of ether oxygens (including phenoxy) is 1. The molecular formula is C24H30FN3O3S. The first-order chi connectivity index (χ1) is 15.3. The number of benzene rings is 2. The molecule has 4 rings (SSSR count). The Labute approximate surface area is 189 Å². The molecule has 172 valence electrons. The van der Waals surface area contributed by atoms with E-state index in [1.807, 2.05) is 18.5 Å². The molecule has 32 heavy (non-hydrogen) atoms. The quantitative estimate of drug-likeness (QED) is 0.511. The number of aromatic nitrogens is 2. The van der Waals surface area contributed by atoms with Gasteiger partial charge in [0.05, 0.1) is 22.3 Å². The van der Waals surface area contributed by atoms with Crippen LogP contribution < -0.4 is 4.31 Å². The second-order valence-corrected chi connectivity index (χ2v) is 10.8. The largest absolute Gasteiger partial charge is 0.381 e. The number of anilines is 1. The second-order valence-electron chi connectivity index (χ2n) is 8.94. The highest BCUT2D eigenvalue weighted by Crippen LogP contribution is 2.32. The lowest BCUT2D eigenvalue weighted by molar-refractivity contribution is 0.0605. The van der Waals surface area contributed by atoms with Crippen molar-refractivity contribution in [1.82, 2.24) is 9.78 Å². The summed E-state index contributed by atoms with van der Waals surface area (Å²) in [5.41, 5.74) is 1.59. The number of halogens is 1. The fraction of sp³-hybridized carbons (Fsp3) is 0.458. The minimum Gasteiger partial charge on any atom is -0.381 e. The van der Waals surface area contributed by atoms with Gasteiger partial charge in [0, 0.05) is 31.7 Å². The summed E-state index contributed by atoms with van der Waals surface area (Å²) < 4.78 is 50.6. The molecule has 0 saturated carbocycles. The van der Waals surface area contributed by atoms with E-state index >= 15 is 0 Å². The van der Waals surface area contributed by atoms with Gasteiger partial charge in [-0.1, -0.05) is 26.0 Å². The molecule has 0 radical (unpaired) electrons. The first-order valence-electron chi connectivity index (χ1n) is 11.1. The van der Waals surface area contributed by atoms with E-state index in [-0.39, 0.29) is 23.0 Å². The zero-order chi connectivity index (χ0) is 22.9. The van der Waals surface area contributed by atoms with Gasteiger partial charge in [0.2, 0.25) is 0 Å². The van der Waals surface area contributed by atoms with Crippen LogP contribution in [0.4, 0.5) is 10.1 Å². The van der Waals surface area contributed by atoms with Crippen molar-refractivity contribution in [2.75, 3.05) is 24.1 Å². The van der Waals surface area contributed by atoms with E-state index in [1.165, 1.54) is 10.4 Å². The fourth-order valence-corrected chi connectivity index (χ4v) is 5.99. The second kappa shape index (κ2) is 9.19. The number of fused-ring (bicyclic) bond motifs is 1. The molecule has 1 fully saturated rings. The molecule has 1 saturated heterocycles. The maximum Gasteiger partial charge on any atom is 0.264 e. The minimum absolute atomic E-state index is 0.0229. The van der Waals surface area contributed by atoms with Gasteiger partial charge in [-0.15, -0.1) is 0 Å². The highest BCUT2D eigenvalue weighted by molar-refractivity contribution is 7.92. The monoisotopic (exact) mass is 459 g/mol. The lowest BCUT2D eigenvalue weighted by Crippen LogP contribution is -2.35. The van der Waals surface area contributed by atoms with E-state index in [0.29, 0.717) is 11.5 Å². The predicted octanol–water partition coefficient (Wildman–Crippen LogP) is 4.76. The van der Waals surface area contributed by atoms with E-state index in [0.717, 1.165) is 43.5 Å². The third-order valence-electron chi connectivity index (χ3n) is 5.94. The first-order valence-corrected chi connectivity index (χ1v) is 12.5. The Balaban J connectivity index is 1.70. The van der Waals surface area contributed by atoms with Crippen molar-refractivity contribution < 1.29 is 17.5 Å². The average Bonchev–Trinajstić information content (AvgIpc) is 3.15. The van der Waals surface area contributed by atoms with Crippen molar-refractivity contribution >= 4 is 26.6 Å². The van der Waals surface area contributed by atoms with Crippen LogP contribution >= 0.6 is 0 Å². The summed E-state index contributed by atoms with van der Waals surface area (Å²) in [5, 5.41) is 5.26. The summed E-state index contributed by atoms with van der Waals surface area (Å²) in [6.07, 6.45) is 3.70. The van der Waals surface area contributed by atoms with Gasteiger partial charge in [-0.05, 0) is 61.4 Å². The van der Waals surface area contributed by atoms with E-state index in [9.17, 15) is 12.8 Å². The van der Waals surface area contributed by atoms with Crippen molar-refractivity contribution in [3.63, 3.8) is 0 Å². The predicted molar refractivity (Wildman–Crippen MR) is 124 cm³/mol. The molecule has 2 heterocycles. The van der Waals surface area contributed by atoms with Crippen LogP contribution in [-0.2, 0) is 21.3 Å². The van der Waals surface area contributed by atoms with E-state index in [4.69, 9.17) is 4.74 Å². The number of nitrogens with zero attached hydrogens (tertiary/aromatic N) is 3. The van der Waals surface area contributed by atoms with Crippen LogP contribution in [0.2, 0.25) is 0 Å². The molecule has 0 bridgehead atoms. The van der Waals surface area contributed by atoms with Gasteiger partial charge in [0.15, 0.2) is 0 Å². The Kier molecular flexibility index (Phi) is 6.53. The molecule has 0 amide bonds. The molecule has 1 aliphatic heterocycles. The molecule has 0 spiro atoms. The molecule has 0 N–H and O–H groups in total. The third-order valence-corrected chi connectivity index (χ3v) is 7.70. The normalized spacial score (nSPS) is 15.5. The summed E-state index contributed by atoms with van der Waals surface area (Å²) in [5.74, 6) is -0.0184. The molecule has 2 aromatic carbocycles. The van der Waals surface area contributed by atoms with Crippen LogP contribution in [0.1, 0.15) is 32.3 Å². The summed E-state index contributed by atoms with van der Waals surface area (Å²) in [7, 11) is -3.96. The minimum atomic E-state index is -3.96. The number of aryl methyl sites for hydroxylation is 1. The van der Waals surface area contributed by atoms with Crippen LogP contribution in [0.3, 0.4) is 0 Å². The molecule has 0 unspecified atom stereocenters. The standard InChI is InChI=1S/C24H30FN3O3S/c1-17(2)15-28(24-18(3)5-4-6-22(24)25)32(29,30)21-7-8-23-20(13-21)14-26-27(23)16-19-9-11-31-12-10-19/h4-8,13-14,17,19H,9-12,15-16H2,1-3H3. The van der Waals surface area contributed by atoms with Gasteiger partial charge >= 0.3 is 0 Å². The van der Waals surface area contributed by atoms with E-state index < -0.39 is 15.8 Å². The zero-order valence-electron chi connectivity index (χ0n) is 18.8. The number of para-hydroxylation sites is 1. The molecule has 8 heteroatoms.